The number of nitrogens with one attached hydrogen (secondary N) is 1. The van der Waals surface area contributed by atoms with Gasteiger partial charge in [-0.2, -0.15) is 13.2 Å². The van der Waals surface area contributed by atoms with Crippen LogP contribution in [0.5, 0.6) is 5.75 Å². The van der Waals surface area contributed by atoms with Crippen LogP contribution in [-0.4, -0.2) is 36.9 Å². The molecular formula is C16H17F3N2O3S. The number of carbonyl (C=O) groups is 1. The number of hydrogen-bond donors (Lipinski definition) is 1. The summed E-state index contributed by atoms with van der Waals surface area (Å²) in [4.78, 5) is 16.2. The van der Waals surface area contributed by atoms with E-state index >= 15 is 0 Å². The number of aryl methyl sites for hydroxylation is 1. The minimum absolute atomic E-state index is 0.269. The number of aromatic nitrogens is 1. The fourth-order valence-electron chi connectivity index (χ4n) is 1.98. The van der Waals surface area contributed by atoms with Gasteiger partial charge in [0.05, 0.1) is 12.8 Å². The molecular weight excluding hydrogens is 357 g/mol. The standard InChI is InChI=1S/C16H17F3N2O3S/c1-9-4-5-13(23-3)11(6-9)12-7-25-15(20-12)21-14(22)10(2)24-8-16(17,18)19/h4-7,10H,8H2,1-3H3,(H,20,21,22). The molecule has 0 aliphatic rings. The molecule has 0 spiro atoms. The highest BCUT2D eigenvalue weighted by atomic mass is 32.1. The van der Waals surface area contributed by atoms with Gasteiger partial charge in [-0.25, -0.2) is 4.98 Å². The van der Waals surface area contributed by atoms with Gasteiger partial charge in [-0.15, -0.1) is 11.3 Å². The predicted molar refractivity (Wildman–Crippen MR) is 88.9 cm³/mol. The maximum absolute atomic E-state index is 12.1. The van der Waals surface area contributed by atoms with Gasteiger partial charge in [0.2, 0.25) is 0 Å². The molecule has 0 fully saturated rings. The molecule has 5 nitrogen and oxygen atoms in total. The predicted octanol–water partition coefficient (Wildman–Crippen LogP) is 4.03. The highest BCUT2D eigenvalue weighted by Crippen LogP contribution is 2.33. The van der Waals surface area contributed by atoms with Crippen LogP contribution in [0.3, 0.4) is 0 Å². The molecule has 9 heteroatoms. The largest absolute Gasteiger partial charge is 0.496 e. The maximum Gasteiger partial charge on any atom is 0.411 e. The molecule has 1 aromatic carbocycles. The van der Waals surface area contributed by atoms with E-state index in [0.29, 0.717) is 11.4 Å². The molecule has 0 saturated heterocycles. The molecule has 1 heterocycles. The van der Waals surface area contributed by atoms with Gasteiger partial charge >= 0.3 is 6.18 Å². The molecule has 136 valence electrons. The lowest BCUT2D eigenvalue weighted by Gasteiger charge is -2.13. The number of carbonyl (C=O) groups excluding carboxylic acids is 1. The van der Waals surface area contributed by atoms with Crippen LogP contribution in [0.15, 0.2) is 23.6 Å². The summed E-state index contributed by atoms with van der Waals surface area (Å²) < 4.78 is 46.2. The van der Waals surface area contributed by atoms with Crippen LogP contribution in [0.25, 0.3) is 11.3 Å². The average Bonchev–Trinajstić information content (AvgIpc) is 3.00. The third kappa shape index (κ3) is 5.43. The monoisotopic (exact) mass is 374 g/mol. The van der Waals surface area contributed by atoms with Crippen LogP contribution in [0.1, 0.15) is 12.5 Å². The van der Waals surface area contributed by atoms with E-state index < -0.39 is 24.8 Å². The normalized spacial score (nSPS) is 12.7. The number of thiazole rings is 1. The molecule has 1 amide bonds. The number of benzene rings is 1. The van der Waals surface area contributed by atoms with Gasteiger partial charge in [-0.05, 0) is 26.0 Å². The minimum Gasteiger partial charge on any atom is -0.496 e. The smallest absolute Gasteiger partial charge is 0.411 e. The first kappa shape index (κ1) is 19.2. The van der Waals surface area contributed by atoms with E-state index in [2.05, 4.69) is 15.0 Å². The molecule has 1 atom stereocenters. The number of rotatable bonds is 6. The summed E-state index contributed by atoms with van der Waals surface area (Å²) in [7, 11) is 1.54. The zero-order valence-corrected chi connectivity index (χ0v) is 14.6. The molecule has 0 aliphatic carbocycles. The van der Waals surface area contributed by atoms with Crippen molar-refractivity contribution in [2.75, 3.05) is 19.0 Å². The molecule has 0 radical (unpaired) electrons. The van der Waals surface area contributed by atoms with E-state index in [0.717, 1.165) is 22.5 Å². The van der Waals surface area contributed by atoms with Gasteiger partial charge in [0, 0.05) is 10.9 Å². The first-order valence-electron chi connectivity index (χ1n) is 7.29. The molecule has 25 heavy (non-hydrogen) atoms. The number of halogens is 3. The lowest BCUT2D eigenvalue weighted by molar-refractivity contribution is -0.184. The van der Waals surface area contributed by atoms with Crippen molar-refractivity contribution in [2.24, 2.45) is 0 Å². The van der Waals surface area contributed by atoms with Crippen LogP contribution >= 0.6 is 11.3 Å². The zero-order chi connectivity index (χ0) is 18.6. The summed E-state index contributed by atoms with van der Waals surface area (Å²) in [5.74, 6) is -0.0583. The highest BCUT2D eigenvalue weighted by Gasteiger charge is 2.30. The molecule has 1 unspecified atom stereocenters. The number of ether oxygens (including phenoxy) is 2. The van der Waals surface area contributed by atoms with Crippen molar-refractivity contribution in [3.8, 4) is 17.0 Å². The van der Waals surface area contributed by atoms with Crippen molar-refractivity contribution < 1.29 is 27.4 Å². The number of anilines is 1. The van der Waals surface area contributed by atoms with Crippen LogP contribution in [0, 0.1) is 6.92 Å². The topological polar surface area (TPSA) is 60.5 Å². The Bertz CT molecular complexity index is 746. The fraction of sp³-hybridized carbons (Fsp3) is 0.375. The van der Waals surface area contributed by atoms with Gasteiger partial charge < -0.3 is 9.47 Å². The van der Waals surface area contributed by atoms with E-state index in [9.17, 15) is 18.0 Å². The Labute approximate surface area is 146 Å². The van der Waals surface area contributed by atoms with Gasteiger partial charge in [0.25, 0.3) is 5.91 Å². The molecule has 0 aliphatic heterocycles. The van der Waals surface area contributed by atoms with E-state index in [1.165, 1.54) is 6.92 Å². The Kier molecular flexibility index (Phi) is 6.02. The Morgan fingerprint density at radius 3 is 2.76 bits per heavy atom. The number of hydrogen-bond acceptors (Lipinski definition) is 5. The van der Waals surface area contributed by atoms with Crippen molar-refractivity contribution in [2.45, 2.75) is 26.1 Å². The molecule has 2 aromatic rings. The van der Waals surface area contributed by atoms with Crippen molar-refractivity contribution in [1.82, 2.24) is 4.98 Å². The molecule has 0 bridgehead atoms. The third-order valence-electron chi connectivity index (χ3n) is 3.23. The summed E-state index contributed by atoms with van der Waals surface area (Å²) in [6, 6.07) is 5.61. The number of alkyl halides is 3. The second kappa shape index (κ2) is 7.83. The third-order valence-corrected chi connectivity index (χ3v) is 3.99. The lowest BCUT2D eigenvalue weighted by atomic mass is 10.1. The minimum atomic E-state index is -4.48. The van der Waals surface area contributed by atoms with E-state index in [4.69, 9.17) is 4.74 Å². The summed E-state index contributed by atoms with van der Waals surface area (Å²) >= 11 is 1.16. The summed E-state index contributed by atoms with van der Waals surface area (Å²) in [5.41, 5.74) is 2.38. The molecule has 2 rings (SSSR count). The van der Waals surface area contributed by atoms with Crippen LogP contribution < -0.4 is 10.1 Å². The quantitative estimate of drug-likeness (QED) is 0.829. The second-order valence-electron chi connectivity index (χ2n) is 5.30. The van der Waals surface area contributed by atoms with Crippen molar-refractivity contribution in [3.63, 3.8) is 0 Å². The van der Waals surface area contributed by atoms with Gasteiger partial charge in [-0.3, -0.25) is 10.1 Å². The SMILES string of the molecule is COc1ccc(C)cc1-c1csc(NC(=O)C(C)OCC(F)(F)F)n1. The second-order valence-corrected chi connectivity index (χ2v) is 6.16. The summed E-state index contributed by atoms with van der Waals surface area (Å²) in [5, 5.41) is 4.46. The maximum atomic E-state index is 12.1. The Morgan fingerprint density at radius 2 is 2.12 bits per heavy atom. The van der Waals surface area contributed by atoms with Crippen LogP contribution in [-0.2, 0) is 9.53 Å². The van der Waals surface area contributed by atoms with E-state index in [1.54, 1.807) is 12.5 Å². The van der Waals surface area contributed by atoms with E-state index in [1.807, 2.05) is 25.1 Å². The van der Waals surface area contributed by atoms with Crippen LogP contribution in [0.4, 0.5) is 18.3 Å². The number of methoxy groups -OCH3 is 1. The first-order valence-corrected chi connectivity index (χ1v) is 8.17. The Morgan fingerprint density at radius 1 is 1.40 bits per heavy atom. The average molecular weight is 374 g/mol. The molecule has 1 N–H and O–H groups in total. The van der Waals surface area contributed by atoms with Crippen molar-refractivity contribution >= 4 is 22.4 Å². The Balaban J connectivity index is 2.07. The summed E-state index contributed by atoms with van der Waals surface area (Å²) in [6.45, 7) is 1.70. The van der Waals surface area contributed by atoms with Gasteiger partial charge in [0.15, 0.2) is 5.13 Å². The highest BCUT2D eigenvalue weighted by molar-refractivity contribution is 7.14. The van der Waals surface area contributed by atoms with E-state index in [-0.39, 0.29) is 5.13 Å². The van der Waals surface area contributed by atoms with Crippen molar-refractivity contribution in [3.05, 3.63) is 29.1 Å². The Hall–Kier alpha value is -2.13. The molecule has 0 saturated carbocycles. The molecule has 1 aromatic heterocycles. The van der Waals surface area contributed by atoms with Gasteiger partial charge in [0.1, 0.15) is 18.5 Å². The lowest BCUT2D eigenvalue weighted by Crippen LogP contribution is -2.31. The van der Waals surface area contributed by atoms with Crippen molar-refractivity contribution in [1.29, 1.82) is 0 Å². The first-order chi connectivity index (χ1) is 11.7. The fourth-order valence-corrected chi connectivity index (χ4v) is 2.69. The number of nitrogens with zero attached hydrogens (tertiary/aromatic N) is 1. The zero-order valence-electron chi connectivity index (χ0n) is 13.8. The summed E-state index contributed by atoms with van der Waals surface area (Å²) in [6.07, 6.45) is -5.73. The number of amides is 1. The van der Waals surface area contributed by atoms with Crippen LogP contribution in [0.2, 0.25) is 0 Å². The van der Waals surface area contributed by atoms with Gasteiger partial charge in [-0.1, -0.05) is 11.6 Å².